The monoisotopic (exact) mass is 361 g/mol. The summed E-state index contributed by atoms with van der Waals surface area (Å²) < 4.78 is 11.2. The normalized spacial score (nSPS) is 11.5. The predicted molar refractivity (Wildman–Crippen MR) is 106 cm³/mol. The van der Waals surface area contributed by atoms with Crippen LogP contribution in [-0.2, 0) is 6.61 Å². The molecule has 0 bridgehead atoms. The van der Waals surface area contributed by atoms with Gasteiger partial charge in [0.05, 0.1) is 13.2 Å². The highest BCUT2D eigenvalue weighted by molar-refractivity contribution is 5.94. The Morgan fingerprint density at radius 3 is 2.48 bits per heavy atom. The molecule has 0 aliphatic carbocycles. The lowest BCUT2D eigenvalue weighted by molar-refractivity contribution is 0.0939. The van der Waals surface area contributed by atoms with E-state index < -0.39 is 0 Å². The summed E-state index contributed by atoms with van der Waals surface area (Å²) in [5.74, 6) is 1.26. The third-order valence-corrected chi connectivity index (χ3v) is 4.30. The van der Waals surface area contributed by atoms with Crippen molar-refractivity contribution >= 4 is 5.91 Å². The summed E-state index contributed by atoms with van der Waals surface area (Å²) in [7, 11) is 1.63. The van der Waals surface area contributed by atoms with Crippen LogP contribution >= 0.6 is 0 Å². The van der Waals surface area contributed by atoms with Crippen LogP contribution in [0.1, 0.15) is 34.5 Å². The molecule has 0 unspecified atom stereocenters. The Balaban J connectivity index is 1.66. The van der Waals surface area contributed by atoms with Gasteiger partial charge in [-0.2, -0.15) is 0 Å². The number of benzene rings is 3. The molecule has 0 saturated heterocycles. The van der Waals surface area contributed by atoms with Gasteiger partial charge in [0.25, 0.3) is 5.91 Å². The molecule has 0 aliphatic rings. The summed E-state index contributed by atoms with van der Waals surface area (Å²) >= 11 is 0. The molecule has 1 N–H and O–H groups in total. The first kappa shape index (κ1) is 18.5. The molecular weight excluding hydrogens is 338 g/mol. The van der Waals surface area contributed by atoms with Gasteiger partial charge in [-0.05, 0) is 36.8 Å². The van der Waals surface area contributed by atoms with Gasteiger partial charge in [0.15, 0.2) is 0 Å². The molecule has 0 saturated carbocycles. The molecule has 1 atom stereocenters. The van der Waals surface area contributed by atoms with Crippen molar-refractivity contribution in [3.05, 3.63) is 95.6 Å². The van der Waals surface area contributed by atoms with E-state index in [4.69, 9.17) is 9.47 Å². The van der Waals surface area contributed by atoms with E-state index in [2.05, 4.69) is 5.32 Å². The maximum Gasteiger partial charge on any atom is 0.251 e. The fourth-order valence-corrected chi connectivity index (χ4v) is 2.85. The van der Waals surface area contributed by atoms with Gasteiger partial charge < -0.3 is 14.8 Å². The summed E-state index contributed by atoms with van der Waals surface area (Å²) in [5.41, 5.74) is 2.57. The largest absolute Gasteiger partial charge is 0.496 e. The van der Waals surface area contributed by atoms with Crippen LogP contribution in [0.4, 0.5) is 0 Å². The van der Waals surface area contributed by atoms with Crippen LogP contribution < -0.4 is 14.8 Å². The minimum Gasteiger partial charge on any atom is -0.496 e. The van der Waals surface area contributed by atoms with Crippen molar-refractivity contribution in [3.8, 4) is 11.5 Å². The van der Waals surface area contributed by atoms with E-state index in [0.717, 1.165) is 16.9 Å². The zero-order chi connectivity index (χ0) is 19.1. The van der Waals surface area contributed by atoms with Crippen molar-refractivity contribution in [1.82, 2.24) is 5.32 Å². The number of hydrogen-bond donors (Lipinski definition) is 1. The summed E-state index contributed by atoms with van der Waals surface area (Å²) in [6.07, 6.45) is 0. The standard InChI is InChI=1S/C23H23NO3/c1-17(21-13-6-7-14-22(21)26-2)24-23(25)19-11-8-12-20(15-19)27-16-18-9-4-3-5-10-18/h3-15,17H,16H2,1-2H3,(H,24,25)/t17-/m0/s1. The molecule has 3 aromatic rings. The van der Waals surface area contributed by atoms with Crippen molar-refractivity contribution in [2.75, 3.05) is 7.11 Å². The summed E-state index contributed by atoms with van der Waals surface area (Å²) in [6, 6.07) is 24.6. The number of rotatable bonds is 7. The van der Waals surface area contributed by atoms with E-state index in [0.29, 0.717) is 17.9 Å². The minimum atomic E-state index is -0.178. The maximum atomic E-state index is 12.6. The number of amides is 1. The van der Waals surface area contributed by atoms with E-state index in [-0.39, 0.29) is 11.9 Å². The zero-order valence-corrected chi connectivity index (χ0v) is 15.5. The van der Waals surface area contributed by atoms with Crippen molar-refractivity contribution in [1.29, 1.82) is 0 Å². The molecule has 0 fully saturated rings. The summed E-state index contributed by atoms with van der Waals surface area (Å²) in [6.45, 7) is 2.40. The van der Waals surface area contributed by atoms with E-state index in [1.807, 2.05) is 73.7 Å². The van der Waals surface area contributed by atoms with Crippen molar-refractivity contribution in [3.63, 3.8) is 0 Å². The van der Waals surface area contributed by atoms with Gasteiger partial charge in [0, 0.05) is 11.1 Å². The molecule has 0 spiro atoms. The van der Waals surface area contributed by atoms with Gasteiger partial charge in [-0.1, -0.05) is 54.6 Å². The third kappa shape index (κ3) is 4.88. The van der Waals surface area contributed by atoms with Crippen LogP contribution in [0, 0.1) is 0 Å². The highest BCUT2D eigenvalue weighted by Gasteiger charge is 2.15. The van der Waals surface area contributed by atoms with Crippen LogP contribution in [0.2, 0.25) is 0 Å². The van der Waals surface area contributed by atoms with E-state index >= 15 is 0 Å². The van der Waals surface area contributed by atoms with Crippen LogP contribution in [0.3, 0.4) is 0 Å². The van der Waals surface area contributed by atoms with Gasteiger partial charge in [-0.15, -0.1) is 0 Å². The number of carbonyl (C=O) groups is 1. The fourth-order valence-electron chi connectivity index (χ4n) is 2.85. The van der Waals surface area contributed by atoms with Crippen molar-refractivity contribution in [2.24, 2.45) is 0 Å². The molecule has 3 rings (SSSR count). The molecule has 0 radical (unpaired) electrons. The average molecular weight is 361 g/mol. The molecule has 0 heterocycles. The van der Waals surface area contributed by atoms with Gasteiger partial charge in [0.2, 0.25) is 0 Å². The number of methoxy groups -OCH3 is 1. The van der Waals surface area contributed by atoms with Crippen LogP contribution in [0.5, 0.6) is 11.5 Å². The van der Waals surface area contributed by atoms with E-state index in [9.17, 15) is 4.79 Å². The Morgan fingerprint density at radius 2 is 1.70 bits per heavy atom. The van der Waals surface area contributed by atoms with Crippen LogP contribution in [-0.4, -0.2) is 13.0 Å². The number of para-hydroxylation sites is 1. The second-order valence-electron chi connectivity index (χ2n) is 6.24. The molecule has 27 heavy (non-hydrogen) atoms. The number of ether oxygens (including phenoxy) is 2. The highest BCUT2D eigenvalue weighted by Crippen LogP contribution is 2.25. The first-order valence-electron chi connectivity index (χ1n) is 8.88. The lowest BCUT2D eigenvalue weighted by Gasteiger charge is -2.17. The zero-order valence-electron chi connectivity index (χ0n) is 15.5. The second kappa shape index (κ2) is 8.90. The quantitative estimate of drug-likeness (QED) is 0.660. The lowest BCUT2D eigenvalue weighted by Crippen LogP contribution is -2.26. The molecule has 0 aliphatic heterocycles. The summed E-state index contributed by atoms with van der Waals surface area (Å²) in [5, 5.41) is 3.01. The van der Waals surface area contributed by atoms with E-state index in [1.165, 1.54) is 0 Å². The van der Waals surface area contributed by atoms with Crippen LogP contribution in [0.25, 0.3) is 0 Å². The Kier molecular flexibility index (Phi) is 6.10. The predicted octanol–water partition coefficient (Wildman–Crippen LogP) is 4.77. The Labute approximate surface area is 159 Å². The number of nitrogens with one attached hydrogen (secondary N) is 1. The molecule has 3 aromatic carbocycles. The summed E-state index contributed by atoms with van der Waals surface area (Å²) in [4.78, 5) is 12.6. The van der Waals surface area contributed by atoms with Gasteiger partial charge >= 0.3 is 0 Å². The maximum absolute atomic E-state index is 12.6. The molecule has 138 valence electrons. The van der Waals surface area contributed by atoms with Crippen molar-refractivity contribution in [2.45, 2.75) is 19.6 Å². The topological polar surface area (TPSA) is 47.6 Å². The van der Waals surface area contributed by atoms with Gasteiger partial charge in [-0.25, -0.2) is 0 Å². The molecule has 4 nitrogen and oxygen atoms in total. The molecule has 0 aromatic heterocycles. The third-order valence-electron chi connectivity index (χ3n) is 4.30. The van der Waals surface area contributed by atoms with Gasteiger partial charge in [0.1, 0.15) is 18.1 Å². The fraction of sp³-hybridized carbons (Fsp3) is 0.174. The molecule has 4 heteroatoms. The van der Waals surface area contributed by atoms with Crippen molar-refractivity contribution < 1.29 is 14.3 Å². The van der Waals surface area contributed by atoms with E-state index in [1.54, 1.807) is 19.2 Å². The SMILES string of the molecule is COc1ccccc1[C@H](C)NC(=O)c1cccc(OCc2ccccc2)c1. The number of carbonyl (C=O) groups excluding carboxylic acids is 1. The Hall–Kier alpha value is -3.27. The molecule has 1 amide bonds. The average Bonchev–Trinajstić information content (AvgIpc) is 2.73. The lowest BCUT2D eigenvalue weighted by atomic mass is 10.1. The second-order valence-corrected chi connectivity index (χ2v) is 6.24. The van der Waals surface area contributed by atoms with Crippen LogP contribution in [0.15, 0.2) is 78.9 Å². The smallest absolute Gasteiger partial charge is 0.251 e. The minimum absolute atomic E-state index is 0.154. The number of hydrogen-bond acceptors (Lipinski definition) is 3. The Bertz CT molecular complexity index is 893. The first-order valence-corrected chi connectivity index (χ1v) is 8.88. The molecular formula is C23H23NO3. The van der Waals surface area contributed by atoms with Gasteiger partial charge in [-0.3, -0.25) is 4.79 Å². The highest BCUT2D eigenvalue weighted by atomic mass is 16.5. The first-order chi connectivity index (χ1) is 13.2. The Morgan fingerprint density at radius 1 is 0.963 bits per heavy atom.